The van der Waals surface area contributed by atoms with Crippen LogP contribution >= 0.6 is 0 Å². The van der Waals surface area contributed by atoms with Gasteiger partial charge in [-0.15, -0.1) is 0 Å². The van der Waals surface area contributed by atoms with Crippen LogP contribution in [0, 0.1) is 5.41 Å². The number of ether oxygens (including phenoxy) is 1. The minimum Gasteiger partial charge on any atom is -0.468 e. The Bertz CT molecular complexity index is 231. The van der Waals surface area contributed by atoms with Crippen molar-refractivity contribution >= 4 is 5.97 Å². The Hall–Kier alpha value is -0.570. The number of hydrogen-bond donors (Lipinski definition) is 1. The molecule has 0 spiro atoms. The molecule has 0 aromatic heterocycles. The Morgan fingerprint density at radius 2 is 2.12 bits per heavy atom. The van der Waals surface area contributed by atoms with Crippen LogP contribution in [0.25, 0.3) is 0 Å². The fourth-order valence-electron chi connectivity index (χ4n) is 2.53. The summed E-state index contributed by atoms with van der Waals surface area (Å²) in [5.74, 6) is -0.107. The number of carbonyl (C=O) groups is 1. The molecule has 3 heteroatoms. The Balaban J connectivity index is 2.39. The minimum atomic E-state index is -0.107. The molecule has 0 bridgehead atoms. The van der Waals surface area contributed by atoms with Crippen LogP contribution in [0.2, 0.25) is 0 Å². The highest BCUT2D eigenvalue weighted by Crippen LogP contribution is 2.43. The first-order chi connectivity index (χ1) is 8.17. The second kappa shape index (κ2) is 7.00. The largest absolute Gasteiger partial charge is 0.468 e. The van der Waals surface area contributed by atoms with Crippen molar-refractivity contribution < 1.29 is 9.53 Å². The summed E-state index contributed by atoms with van der Waals surface area (Å²) in [4.78, 5) is 11.6. The van der Waals surface area contributed by atoms with Gasteiger partial charge < -0.3 is 10.1 Å². The molecule has 0 aliphatic heterocycles. The predicted octanol–water partition coefficient (Wildman–Crippen LogP) is 2.89. The highest BCUT2D eigenvalue weighted by atomic mass is 16.5. The van der Waals surface area contributed by atoms with Crippen LogP contribution in [-0.2, 0) is 9.53 Å². The van der Waals surface area contributed by atoms with Crippen molar-refractivity contribution in [1.82, 2.24) is 5.32 Å². The molecular formula is C14H27NO2. The molecule has 0 heterocycles. The molecule has 3 nitrogen and oxygen atoms in total. The van der Waals surface area contributed by atoms with Crippen LogP contribution in [0.1, 0.15) is 58.8 Å². The zero-order valence-electron chi connectivity index (χ0n) is 11.6. The molecular weight excluding hydrogens is 214 g/mol. The third-order valence-corrected chi connectivity index (χ3v) is 4.22. The van der Waals surface area contributed by atoms with E-state index in [2.05, 4.69) is 19.2 Å². The lowest BCUT2D eigenvalue weighted by Crippen LogP contribution is -2.46. The van der Waals surface area contributed by atoms with E-state index in [9.17, 15) is 4.79 Å². The van der Waals surface area contributed by atoms with E-state index in [-0.39, 0.29) is 12.0 Å². The maximum atomic E-state index is 11.6. The van der Waals surface area contributed by atoms with Gasteiger partial charge in [0.15, 0.2) is 0 Å². The van der Waals surface area contributed by atoms with E-state index in [0.29, 0.717) is 5.41 Å². The normalized spacial score (nSPS) is 19.5. The quantitative estimate of drug-likeness (QED) is 0.664. The van der Waals surface area contributed by atoms with Gasteiger partial charge in [0.2, 0.25) is 0 Å². The summed E-state index contributed by atoms with van der Waals surface area (Å²) in [5.41, 5.74) is 0.457. The summed E-state index contributed by atoms with van der Waals surface area (Å²) in [6, 6.07) is -0.107. The number of unbranched alkanes of at least 4 members (excludes halogenated alkanes) is 1. The lowest BCUT2D eigenvalue weighted by molar-refractivity contribution is -0.143. The fraction of sp³-hybridized carbons (Fsp3) is 0.929. The van der Waals surface area contributed by atoms with E-state index in [1.165, 1.54) is 32.8 Å². The highest BCUT2D eigenvalue weighted by Gasteiger charge is 2.35. The SMILES string of the molecule is CCCCC(NCC1(CC)CCC1)C(=O)OC. The van der Waals surface area contributed by atoms with Gasteiger partial charge in [-0.25, -0.2) is 0 Å². The molecule has 0 aromatic carbocycles. The van der Waals surface area contributed by atoms with E-state index < -0.39 is 0 Å². The third-order valence-electron chi connectivity index (χ3n) is 4.22. The standard InChI is InChI=1S/C14H27NO2/c1-4-6-8-12(13(16)17-3)15-11-14(5-2)9-7-10-14/h12,15H,4-11H2,1-3H3. The van der Waals surface area contributed by atoms with E-state index >= 15 is 0 Å². The lowest BCUT2D eigenvalue weighted by atomic mass is 9.67. The van der Waals surface area contributed by atoms with Crippen molar-refractivity contribution in [3.63, 3.8) is 0 Å². The first-order valence-corrected chi connectivity index (χ1v) is 6.98. The summed E-state index contributed by atoms with van der Waals surface area (Å²) >= 11 is 0. The van der Waals surface area contributed by atoms with Crippen LogP contribution in [0.5, 0.6) is 0 Å². The highest BCUT2D eigenvalue weighted by molar-refractivity contribution is 5.75. The van der Waals surface area contributed by atoms with Crippen LogP contribution in [0.15, 0.2) is 0 Å². The molecule has 1 aliphatic carbocycles. The first-order valence-electron chi connectivity index (χ1n) is 6.98. The van der Waals surface area contributed by atoms with Gasteiger partial charge >= 0.3 is 5.97 Å². The summed E-state index contributed by atoms with van der Waals surface area (Å²) in [5, 5.41) is 3.42. The molecule has 1 rings (SSSR count). The molecule has 100 valence electrons. The van der Waals surface area contributed by atoms with Crippen molar-refractivity contribution in [2.45, 2.75) is 64.8 Å². The van der Waals surface area contributed by atoms with Crippen LogP contribution in [-0.4, -0.2) is 25.7 Å². The molecule has 1 aliphatic rings. The molecule has 1 fully saturated rings. The average molecular weight is 241 g/mol. The molecule has 17 heavy (non-hydrogen) atoms. The lowest BCUT2D eigenvalue weighted by Gasteiger charge is -2.42. The molecule has 0 aromatic rings. The Kier molecular flexibility index (Phi) is 5.96. The van der Waals surface area contributed by atoms with Gasteiger partial charge in [-0.1, -0.05) is 33.1 Å². The molecule has 0 radical (unpaired) electrons. The number of rotatable bonds is 8. The number of nitrogens with one attached hydrogen (secondary N) is 1. The second-order valence-electron chi connectivity index (χ2n) is 5.31. The number of hydrogen-bond acceptors (Lipinski definition) is 3. The van der Waals surface area contributed by atoms with E-state index in [1.807, 2.05) is 0 Å². The Labute approximate surface area is 105 Å². The van der Waals surface area contributed by atoms with Crippen molar-refractivity contribution in [1.29, 1.82) is 0 Å². The maximum Gasteiger partial charge on any atom is 0.322 e. The van der Waals surface area contributed by atoms with Gasteiger partial charge in [-0.3, -0.25) is 4.79 Å². The van der Waals surface area contributed by atoms with Crippen molar-refractivity contribution in [2.24, 2.45) is 5.41 Å². The molecule has 1 atom stereocenters. The summed E-state index contributed by atoms with van der Waals surface area (Å²) in [6.45, 7) is 5.36. The van der Waals surface area contributed by atoms with Crippen molar-refractivity contribution in [3.05, 3.63) is 0 Å². The molecule has 1 saturated carbocycles. The topological polar surface area (TPSA) is 38.3 Å². The Morgan fingerprint density at radius 1 is 1.41 bits per heavy atom. The predicted molar refractivity (Wildman–Crippen MR) is 69.9 cm³/mol. The molecule has 1 unspecified atom stereocenters. The first kappa shape index (κ1) is 14.5. The number of carbonyl (C=O) groups excluding carboxylic acids is 1. The second-order valence-corrected chi connectivity index (χ2v) is 5.31. The summed E-state index contributed by atoms with van der Waals surface area (Å²) in [7, 11) is 1.47. The van der Waals surface area contributed by atoms with Crippen LogP contribution < -0.4 is 5.32 Å². The minimum absolute atomic E-state index is 0.107. The van der Waals surface area contributed by atoms with E-state index in [1.54, 1.807) is 0 Å². The molecule has 1 N–H and O–H groups in total. The molecule has 0 amide bonds. The van der Waals surface area contributed by atoms with Crippen LogP contribution in [0.4, 0.5) is 0 Å². The van der Waals surface area contributed by atoms with Gasteiger partial charge in [0.1, 0.15) is 6.04 Å². The van der Waals surface area contributed by atoms with Crippen molar-refractivity contribution in [3.8, 4) is 0 Å². The van der Waals surface area contributed by atoms with Crippen molar-refractivity contribution in [2.75, 3.05) is 13.7 Å². The smallest absolute Gasteiger partial charge is 0.322 e. The van der Waals surface area contributed by atoms with Gasteiger partial charge in [0.05, 0.1) is 7.11 Å². The average Bonchev–Trinajstić information content (AvgIpc) is 2.31. The van der Waals surface area contributed by atoms with E-state index in [4.69, 9.17) is 4.74 Å². The fourth-order valence-corrected chi connectivity index (χ4v) is 2.53. The maximum absolute atomic E-state index is 11.6. The monoisotopic (exact) mass is 241 g/mol. The van der Waals surface area contributed by atoms with Gasteiger partial charge in [0, 0.05) is 6.54 Å². The zero-order valence-corrected chi connectivity index (χ0v) is 11.6. The summed E-state index contributed by atoms with van der Waals surface area (Å²) in [6.07, 6.45) is 8.24. The number of esters is 1. The zero-order chi connectivity index (χ0) is 12.7. The van der Waals surface area contributed by atoms with E-state index in [0.717, 1.165) is 25.8 Å². The Morgan fingerprint density at radius 3 is 2.53 bits per heavy atom. The summed E-state index contributed by atoms with van der Waals surface area (Å²) < 4.78 is 4.86. The molecule has 0 saturated heterocycles. The van der Waals surface area contributed by atoms with Gasteiger partial charge in [-0.2, -0.15) is 0 Å². The van der Waals surface area contributed by atoms with Gasteiger partial charge in [-0.05, 0) is 31.1 Å². The van der Waals surface area contributed by atoms with Gasteiger partial charge in [0.25, 0.3) is 0 Å². The van der Waals surface area contributed by atoms with Crippen LogP contribution in [0.3, 0.4) is 0 Å². The number of methoxy groups -OCH3 is 1. The third kappa shape index (κ3) is 3.98.